The molecule has 2 aliphatic rings. The van der Waals surface area contributed by atoms with Crippen LogP contribution in [0.1, 0.15) is 18.4 Å². The first kappa shape index (κ1) is 12.6. The number of hydrogen-bond donors (Lipinski definition) is 2. The topological polar surface area (TPSA) is 52.6 Å². The first-order chi connectivity index (χ1) is 9.21. The molecule has 0 radical (unpaired) electrons. The third-order valence-electron chi connectivity index (χ3n) is 4.62. The van der Waals surface area contributed by atoms with Crippen molar-refractivity contribution in [1.82, 2.24) is 10.2 Å². The van der Waals surface area contributed by atoms with E-state index in [-0.39, 0.29) is 6.04 Å². The molecule has 102 valence electrons. The maximum Gasteiger partial charge on any atom is 0.311 e. The van der Waals surface area contributed by atoms with Crippen LogP contribution in [0.15, 0.2) is 30.3 Å². The molecule has 19 heavy (non-hydrogen) atoms. The number of piperidine rings is 1. The Hall–Kier alpha value is -1.39. The molecule has 2 heterocycles. The monoisotopic (exact) mass is 260 g/mol. The van der Waals surface area contributed by atoms with Gasteiger partial charge in [0.2, 0.25) is 0 Å². The van der Waals surface area contributed by atoms with Gasteiger partial charge in [0, 0.05) is 19.1 Å². The van der Waals surface area contributed by atoms with Gasteiger partial charge in [0.25, 0.3) is 0 Å². The van der Waals surface area contributed by atoms with Crippen molar-refractivity contribution in [3.63, 3.8) is 0 Å². The zero-order valence-corrected chi connectivity index (χ0v) is 11.0. The quantitative estimate of drug-likeness (QED) is 0.861. The zero-order chi connectivity index (χ0) is 13.3. The molecule has 0 bridgehead atoms. The van der Waals surface area contributed by atoms with Crippen molar-refractivity contribution in [3.05, 3.63) is 35.9 Å². The summed E-state index contributed by atoms with van der Waals surface area (Å²) in [5.74, 6) is -0.623. The number of fused-ring (bicyclic) bond motifs is 1. The van der Waals surface area contributed by atoms with E-state index < -0.39 is 11.4 Å². The second-order valence-corrected chi connectivity index (χ2v) is 5.69. The molecule has 0 spiro atoms. The van der Waals surface area contributed by atoms with E-state index in [1.54, 1.807) is 0 Å². The Balaban J connectivity index is 1.69. The van der Waals surface area contributed by atoms with Gasteiger partial charge in [-0.1, -0.05) is 30.3 Å². The molecule has 0 amide bonds. The Morgan fingerprint density at radius 3 is 2.89 bits per heavy atom. The number of carboxylic acids is 1. The van der Waals surface area contributed by atoms with Crippen LogP contribution in [0, 0.1) is 5.41 Å². The summed E-state index contributed by atoms with van der Waals surface area (Å²) < 4.78 is 0. The van der Waals surface area contributed by atoms with E-state index in [2.05, 4.69) is 34.5 Å². The summed E-state index contributed by atoms with van der Waals surface area (Å²) in [6, 6.07) is 10.5. The molecule has 1 aromatic carbocycles. The van der Waals surface area contributed by atoms with E-state index in [0.717, 1.165) is 39.0 Å². The molecule has 2 atom stereocenters. The Morgan fingerprint density at radius 2 is 2.16 bits per heavy atom. The van der Waals surface area contributed by atoms with Crippen LogP contribution in [0.2, 0.25) is 0 Å². The molecular formula is C15H20N2O2. The molecule has 0 aliphatic carbocycles. The van der Waals surface area contributed by atoms with Crippen molar-refractivity contribution < 1.29 is 9.90 Å². The lowest BCUT2D eigenvalue weighted by atomic mass is 9.75. The highest BCUT2D eigenvalue weighted by Crippen LogP contribution is 2.39. The Bertz CT molecular complexity index is 462. The molecular weight excluding hydrogens is 240 g/mol. The van der Waals surface area contributed by atoms with Crippen LogP contribution in [0.4, 0.5) is 0 Å². The van der Waals surface area contributed by atoms with Gasteiger partial charge in [-0.2, -0.15) is 0 Å². The highest BCUT2D eigenvalue weighted by Gasteiger charge is 2.51. The molecule has 2 fully saturated rings. The van der Waals surface area contributed by atoms with E-state index in [1.165, 1.54) is 5.56 Å². The van der Waals surface area contributed by atoms with Crippen molar-refractivity contribution in [3.8, 4) is 0 Å². The maximum atomic E-state index is 11.6. The Morgan fingerprint density at radius 1 is 1.37 bits per heavy atom. The molecule has 2 aliphatic heterocycles. The summed E-state index contributed by atoms with van der Waals surface area (Å²) >= 11 is 0. The summed E-state index contributed by atoms with van der Waals surface area (Å²) in [7, 11) is 0. The largest absolute Gasteiger partial charge is 0.481 e. The smallest absolute Gasteiger partial charge is 0.311 e. The molecule has 2 N–H and O–H groups in total. The first-order valence-electron chi connectivity index (χ1n) is 6.94. The predicted molar refractivity (Wildman–Crippen MR) is 72.8 cm³/mol. The van der Waals surface area contributed by atoms with Gasteiger partial charge in [-0.05, 0) is 31.5 Å². The van der Waals surface area contributed by atoms with Crippen LogP contribution in [-0.4, -0.2) is 41.7 Å². The molecule has 0 aromatic heterocycles. The second kappa shape index (κ2) is 4.94. The van der Waals surface area contributed by atoms with Crippen LogP contribution in [0.25, 0.3) is 0 Å². The number of nitrogens with zero attached hydrogens (tertiary/aromatic N) is 1. The molecule has 2 unspecified atom stereocenters. The van der Waals surface area contributed by atoms with Gasteiger partial charge in [0.05, 0.1) is 5.41 Å². The summed E-state index contributed by atoms with van der Waals surface area (Å²) in [6.07, 6.45) is 1.53. The molecule has 4 heteroatoms. The third kappa shape index (κ3) is 2.26. The van der Waals surface area contributed by atoms with E-state index in [0.29, 0.717) is 0 Å². The Kier molecular flexibility index (Phi) is 3.29. The fraction of sp³-hybridized carbons (Fsp3) is 0.533. The van der Waals surface area contributed by atoms with E-state index in [4.69, 9.17) is 0 Å². The van der Waals surface area contributed by atoms with E-state index in [1.807, 2.05) is 6.07 Å². The zero-order valence-electron chi connectivity index (χ0n) is 11.0. The lowest BCUT2D eigenvalue weighted by Crippen LogP contribution is -2.55. The van der Waals surface area contributed by atoms with Crippen molar-refractivity contribution in [2.75, 3.05) is 19.6 Å². The lowest BCUT2D eigenvalue weighted by Gasteiger charge is -2.41. The van der Waals surface area contributed by atoms with E-state index >= 15 is 0 Å². The maximum absolute atomic E-state index is 11.6. The van der Waals surface area contributed by atoms with E-state index in [9.17, 15) is 9.90 Å². The highest BCUT2D eigenvalue weighted by atomic mass is 16.4. The molecule has 1 aromatic rings. The predicted octanol–water partition coefficient (Wildman–Crippen LogP) is 1.33. The van der Waals surface area contributed by atoms with Crippen molar-refractivity contribution >= 4 is 5.97 Å². The summed E-state index contributed by atoms with van der Waals surface area (Å²) in [6.45, 7) is 3.45. The summed E-state index contributed by atoms with van der Waals surface area (Å²) in [4.78, 5) is 13.9. The number of benzene rings is 1. The van der Waals surface area contributed by atoms with Gasteiger partial charge in [0.15, 0.2) is 0 Å². The van der Waals surface area contributed by atoms with Gasteiger partial charge in [-0.25, -0.2) is 0 Å². The van der Waals surface area contributed by atoms with Gasteiger partial charge in [-0.15, -0.1) is 0 Å². The number of hydrogen-bond acceptors (Lipinski definition) is 3. The number of carbonyl (C=O) groups is 1. The fourth-order valence-electron chi connectivity index (χ4n) is 3.43. The number of nitrogens with one attached hydrogen (secondary N) is 1. The van der Waals surface area contributed by atoms with Crippen molar-refractivity contribution in [1.29, 1.82) is 0 Å². The van der Waals surface area contributed by atoms with Crippen LogP contribution in [0.5, 0.6) is 0 Å². The number of carboxylic acid groups (broad SMARTS) is 1. The number of likely N-dealkylation sites (tertiary alicyclic amines) is 1. The van der Waals surface area contributed by atoms with Crippen LogP contribution >= 0.6 is 0 Å². The van der Waals surface area contributed by atoms with Gasteiger partial charge < -0.3 is 10.4 Å². The normalized spacial score (nSPS) is 31.1. The minimum absolute atomic E-state index is 0.0995. The minimum Gasteiger partial charge on any atom is -0.481 e. The molecule has 4 nitrogen and oxygen atoms in total. The molecule has 0 saturated carbocycles. The van der Waals surface area contributed by atoms with Gasteiger partial charge in [0.1, 0.15) is 0 Å². The summed E-state index contributed by atoms with van der Waals surface area (Å²) in [5, 5.41) is 12.9. The van der Waals surface area contributed by atoms with Crippen LogP contribution in [-0.2, 0) is 11.3 Å². The molecule has 2 saturated heterocycles. The average molecular weight is 260 g/mol. The SMILES string of the molecule is O=C(O)C12CCNC1CN(Cc1ccccc1)CC2. The first-order valence-corrected chi connectivity index (χ1v) is 6.94. The molecule has 3 rings (SSSR count). The van der Waals surface area contributed by atoms with Crippen LogP contribution in [0.3, 0.4) is 0 Å². The van der Waals surface area contributed by atoms with Crippen LogP contribution < -0.4 is 5.32 Å². The Labute approximate surface area is 113 Å². The standard InChI is InChI=1S/C15H20N2O2/c18-14(19)15-6-8-16-13(15)11-17(9-7-15)10-12-4-2-1-3-5-12/h1-5,13,16H,6-11H2,(H,18,19). The highest BCUT2D eigenvalue weighted by molar-refractivity contribution is 5.76. The van der Waals surface area contributed by atoms with Gasteiger partial charge in [-0.3, -0.25) is 9.69 Å². The second-order valence-electron chi connectivity index (χ2n) is 5.69. The fourth-order valence-corrected chi connectivity index (χ4v) is 3.43. The number of aliphatic carboxylic acids is 1. The average Bonchev–Trinajstić information content (AvgIpc) is 2.84. The van der Waals surface area contributed by atoms with Gasteiger partial charge >= 0.3 is 5.97 Å². The lowest BCUT2D eigenvalue weighted by molar-refractivity contribution is -0.152. The number of rotatable bonds is 3. The van der Waals surface area contributed by atoms with Crippen molar-refractivity contribution in [2.24, 2.45) is 5.41 Å². The van der Waals surface area contributed by atoms with Crippen molar-refractivity contribution in [2.45, 2.75) is 25.4 Å². The minimum atomic E-state index is -0.623. The summed E-state index contributed by atoms with van der Waals surface area (Å²) in [5.41, 5.74) is 0.774. The third-order valence-corrected chi connectivity index (χ3v) is 4.62.